The molecule has 0 spiro atoms. The molecule has 1 aromatic carbocycles. The van der Waals surface area contributed by atoms with Crippen molar-refractivity contribution in [3.63, 3.8) is 0 Å². The van der Waals surface area contributed by atoms with Gasteiger partial charge in [0.2, 0.25) is 0 Å². The van der Waals surface area contributed by atoms with E-state index in [4.69, 9.17) is 11.6 Å². The molecule has 0 aliphatic heterocycles. The van der Waals surface area contributed by atoms with Crippen LogP contribution >= 0.6 is 11.6 Å². The summed E-state index contributed by atoms with van der Waals surface area (Å²) in [4.78, 5) is 0. The first-order valence-electron chi connectivity index (χ1n) is 5.77. The number of aliphatic hydroxyl groups is 1. The van der Waals surface area contributed by atoms with E-state index in [1.807, 2.05) is 6.07 Å². The molecule has 1 aliphatic carbocycles. The number of hydrogen-bond donors (Lipinski definition) is 1. The summed E-state index contributed by atoms with van der Waals surface area (Å²) in [7, 11) is 0. The third kappa shape index (κ3) is 2.96. The van der Waals surface area contributed by atoms with Crippen molar-refractivity contribution in [3.8, 4) is 0 Å². The lowest BCUT2D eigenvalue weighted by molar-refractivity contribution is 0.101. The normalized spacial score (nSPS) is 25.7. The van der Waals surface area contributed by atoms with Crippen molar-refractivity contribution in [2.75, 3.05) is 0 Å². The molecule has 1 aliphatic rings. The second-order valence-electron chi connectivity index (χ2n) is 4.64. The first-order valence-corrected chi connectivity index (χ1v) is 6.15. The summed E-state index contributed by atoms with van der Waals surface area (Å²) in [6, 6.07) is 4.97. The highest BCUT2D eigenvalue weighted by molar-refractivity contribution is 6.30. The molecule has 1 aromatic rings. The van der Waals surface area contributed by atoms with Gasteiger partial charge in [-0.15, -0.1) is 0 Å². The number of benzene rings is 1. The van der Waals surface area contributed by atoms with E-state index >= 15 is 0 Å². The molecule has 0 radical (unpaired) electrons. The highest BCUT2D eigenvalue weighted by atomic mass is 35.5. The van der Waals surface area contributed by atoms with Crippen LogP contribution in [0.1, 0.15) is 31.2 Å². The van der Waals surface area contributed by atoms with Crippen molar-refractivity contribution < 1.29 is 9.50 Å². The molecule has 1 nitrogen and oxygen atoms in total. The fourth-order valence-corrected chi connectivity index (χ4v) is 2.57. The van der Waals surface area contributed by atoms with E-state index in [1.165, 1.54) is 6.07 Å². The fraction of sp³-hybridized carbons (Fsp3) is 0.538. The average Bonchev–Trinajstić information content (AvgIpc) is 2.24. The number of rotatable bonds is 2. The van der Waals surface area contributed by atoms with Gasteiger partial charge in [0.25, 0.3) is 0 Å². The Labute approximate surface area is 100 Å². The quantitative estimate of drug-likeness (QED) is 0.841. The molecule has 1 fully saturated rings. The van der Waals surface area contributed by atoms with Gasteiger partial charge in [-0.2, -0.15) is 0 Å². The molecule has 16 heavy (non-hydrogen) atoms. The van der Waals surface area contributed by atoms with Crippen LogP contribution in [-0.2, 0) is 6.42 Å². The average molecular weight is 243 g/mol. The Balaban J connectivity index is 2.00. The van der Waals surface area contributed by atoms with Crippen LogP contribution in [0.5, 0.6) is 0 Å². The summed E-state index contributed by atoms with van der Waals surface area (Å²) in [6.45, 7) is 0. The predicted molar refractivity (Wildman–Crippen MR) is 63.1 cm³/mol. The van der Waals surface area contributed by atoms with Crippen LogP contribution in [0, 0.1) is 11.7 Å². The zero-order valence-corrected chi connectivity index (χ0v) is 9.88. The van der Waals surface area contributed by atoms with Crippen LogP contribution < -0.4 is 0 Å². The van der Waals surface area contributed by atoms with Crippen molar-refractivity contribution in [1.82, 2.24) is 0 Å². The Morgan fingerprint density at radius 3 is 2.88 bits per heavy atom. The summed E-state index contributed by atoms with van der Waals surface area (Å²) < 4.78 is 13.2. The molecular formula is C13H16ClFO. The lowest BCUT2D eigenvalue weighted by Crippen LogP contribution is -2.21. The second kappa shape index (κ2) is 5.15. The molecule has 1 N–H and O–H groups in total. The first-order chi connectivity index (χ1) is 7.65. The molecular weight excluding hydrogens is 227 g/mol. The maximum Gasteiger partial charge on any atom is 0.142 e. The summed E-state index contributed by atoms with van der Waals surface area (Å²) in [5.41, 5.74) is 0.973. The fourth-order valence-electron chi connectivity index (χ4n) is 2.45. The predicted octanol–water partition coefficient (Wildman–Crippen LogP) is 3.57. The minimum absolute atomic E-state index is 0.170. The summed E-state index contributed by atoms with van der Waals surface area (Å²) in [5, 5.41) is 9.73. The second-order valence-corrected chi connectivity index (χ2v) is 5.05. The third-order valence-corrected chi connectivity index (χ3v) is 3.57. The summed E-state index contributed by atoms with van der Waals surface area (Å²) in [5.74, 6) is 0.125. The molecule has 2 unspecified atom stereocenters. The smallest absolute Gasteiger partial charge is 0.142 e. The van der Waals surface area contributed by atoms with E-state index in [9.17, 15) is 9.50 Å². The van der Waals surface area contributed by atoms with Crippen molar-refractivity contribution in [2.24, 2.45) is 5.92 Å². The maximum atomic E-state index is 13.2. The number of aliphatic hydroxyl groups excluding tert-OH is 1. The van der Waals surface area contributed by atoms with Crippen LogP contribution in [0.3, 0.4) is 0 Å². The van der Waals surface area contributed by atoms with E-state index in [2.05, 4.69) is 0 Å². The number of hydrogen-bond acceptors (Lipinski definition) is 1. The molecule has 1 saturated carbocycles. The highest BCUT2D eigenvalue weighted by Crippen LogP contribution is 2.28. The van der Waals surface area contributed by atoms with Crippen LogP contribution in [0.15, 0.2) is 18.2 Å². The Morgan fingerprint density at radius 2 is 2.19 bits per heavy atom. The van der Waals surface area contributed by atoms with Gasteiger partial charge >= 0.3 is 0 Å². The molecule has 2 rings (SSSR count). The van der Waals surface area contributed by atoms with Gasteiger partial charge in [-0.25, -0.2) is 4.39 Å². The van der Waals surface area contributed by atoms with Crippen molar-refractivity contribution in [1.29, 1.82) is 0 Å². The van der Waals surface area contributed by atoms with Gasteiger partial charge in [0.1, 0.15) is 5.82 Å². The van der Waals surface area contributed by atoms with Crippen molar-refractivity contribution in [2.45, 2.75) is 38.2 Å². The van der Waals surface area contributed by atoms with Gasteiger partial charge in [-0.1, -0.05) is 24.1 Å². The van der Waals surface area contributed by atoms with Gasteiger partial charge in [-0.05, 0) is 49.3 Å². The van der Waals surface area contributed by atoms with Crippen LogP contribution in [-0.4, -0.2) is 11.2 Å². The van der Waals surface area contributed by atoms with E-state index in [1.54, 1.807) is 6.07 Å². The van der Waals surface area contributed by atoms with E-state index in [0.717, 1.165) is 37.7 Å². The molecule has 2 atom stereocenters. The minimum Gasteiger partial charge on any atom is -0.393 e. The Bertz CT molecular complexity index is 367. The van der Waals surface area contributed by atoms with Gasteiger partial charge < -0.3 is 5.11 Å². The summed E-state index contributed by atoms with van der Waals surface area (Å²) in [6.07, 6.45) is 4.61. The lowest BCUT2D eigenvalue weighted by atomic mass is 9.83. The van der Waals surface area contributed by atoms with Crippen LogP contribution in [0.4, 0.5) is 4.39 Å². The third-order valence-electron chi connectivity index (χ3n) is 3.26. The maximum absolute atomic E-state index is 13.2. The summed E-state index contributed by atoms with van der Waals surface area (Å²) >= 11 is 5.63. The Kier molecular flexibility index (Phi) is 3.82. The van der Waals surface area contributed by atoms with E-state index in [0.29, 0.717) is 5.92 Å². The molecule has 0 saturated heterocycles. The largest absolute Gasteiger partial charge is 0.393 e. The van der Waals surface area contributed by atoms with Gasteiger partial charge in [-0.3, -0.25) is 0 Å². The van der Waals surface area contributed by atoms with Crippen molar-refractivity contribution >= 4 is 11.6 Å². The molecule has 0 heterocycles. The molecule has 88 valence electrons. The lowest BCUT2D eigenvalue weighted by Gasteiger charge is -2.25. The van der Waals surface area contributed by atoms with E-state index in [-0.39, 0.29) is 16.9 Å². The van der Waals surface area contributed by atoms with Gasteiger partial charge in [0.05, 0.1) is 11.1 Å². The standard InChI is InChI=1S/C13H16ClFO/c14-12-5-4-10(8-13(12)15)6-9-2-1-3-11(16)7-9/h4-5,8-9,11,16H,1-3,6-7H2. The zero-order valence-electron chi connectivity index (χ0n) is 9.13. The van der Waals surface area contributed by atoms with Crippen LogP contribution in [0.25, 0.3) is 0 Å². The Morgan fingerprint density at radius 1 is 1.38 bits per heavy atom. The van der Waals surface area contributed by atoms with Crippen molar-refractivity contribution in [3.05, 3.63) is 34.6 Å². The molecule has 3 heteroatoms. The minimum atomic E-state index is -0.351. The zero-order chi connectivity index (χ0) is 11.5. The van der Waals surface area contributed by atoms with Gasteiger partial charge in [0.15, 0.2) is 0 Å². The topological polar surface area (TPSA) is 20.2 Å². The first kappa shape index (κ1) is 11.9. The SMILES string of the molecule is OC1CCCC(Cc2ccc(Cl)c(F)c2)C1. The number of halogens is 2. The van der Waals surface area contributed by atoms with Crippen LogP contribution in [0.2, 0.25) is 5.02 Å². The Hall–Kier alpha value is -0.600. The highest BCUT2D eigenvalue weighted by Gasteiger charge is 2.20. The molecule has 0 bridgehead atoms. The van der Waals surface area contributed by atoms with Gasteiger partial charge in [0, 0.05) is 0 Å². The molecule has 0 aromatic heterocycles. The molecule has 0 amide bonds. The van der Waals surface area contributed by atoms with E-state index < -0.39 is 0 Å². The monoisotopic (exact) mass is 242 g/mol.